The lowest BCUT2D eigenvalue weighted by Gasteiger charge is -2.17. The highest BCUT2D eigenvalue weighted by Crippen LogP contribution is 2.26. The molecule has 2 nitrogen and oxygen atoms in total. The minimum Gasteiger partial charge on any atom is -0.338 e. The zero-order valence-corrected chi connectivity index (χ0v) is 11.1. The van der Waals surface area contributed by atoms with Crippen LogP contribution in [0.2, 0.25) is 5.02 Å². The predicted molar refractivity (Wildman–Crippen MR) is 71.4 cm³/mol. The highest BCUT2D eigenvalue weighted by Gasteiger charge is 2.22. The molecule has 0 aliphatic rings. The fraction of sp³-hybridized carbons (Fsp3) is 0.357. The molecule has 1 aromatic heterocycles. The van der Waals surface area contributed by atoms with E-state index in [1.165, 1.54) is 0 Å². The lowest BCUT2D eigenvalue weighted by molar-refractivity contribution is -0.126. The summed E-state index contributed by atoms with van der Waals surface area (Å²) in [5, 5.41) is 1.69. The van der Waals surface area contributed by atoms with Crippen molar-refractivity contribution in [2.24, 2.45) is 5.41 Å². The number of carbonyl (C=O) groups excluding carboxylic acids is 1. The second-order valence-electron chi connectivity index (χ2n) is 5.30. The summed E-state index contributed by atoms with van der Waals surface area (Å²) in [5.74, 6) is 0.204. The van der Waals surface area contributed by atoms with Crippen LogP contribution < -0.4 is 0 Å². The molecule has 2 rings (SSSR count). The van der Waals surface area contributed by atoms with Crippen molar-refractivity contribution in [3.8, 4) is 0 Å². The molecule has 1 aromatic carbocycles. The van der Waals surface area contributed by atoms with Crippen LogP contribution in [0, 0.1) is 5.41 Å². The Bertz CT molecular complexity index is 563. The van der Waals surface area contributed by atoms with Crippen molar-refractivity contribution in [3.05, 3.63) is 35.5 Å². The third-order valence-corrected chi connectivity index (χ3v) is 3.19. The van der Waals surface area contributed by atoms with Crippen molar-refractivity contribution in [2.75, 3.05) is 0 Å². The van der Waals surface area contributed by atoms with Gasteiger partial charge in [-0.05, 0) is 6.07 Å². The van der Waals surface area contributed by atoms with Crippen LogP contribution >= 0.6 is 11.6 Å². The van der Waals surface area contributed by atoms with Crippen molar-refractivity contribution in [2.45, 2.75) is 27.3 Å². The molecule has 1 heterocycles. The number of para-hydroxylation sites is 1. The van der Waals surface area contributed by atoms with Gasteiger partial charge in [0.05, 0.1) is 11.6 Å². The fourth-order valence-electron chi connectivity index (χ4n) is 1.72. The number of carbonyl (C=O) groups is 1. The first-order chi connectivity index (χ1) is 7.89. The Balaban J connectivity index is 2.41. The second kappa shape index (κ2) is 4.19. The van der Waals surface area contributed by atoms with Crippen LogP contribution in [0.5, 0.6) is 0 Å². The number of ketones is 1. The Hall–Kier alpha value is -1.28. The Morgan fingerprint density at radius 3 is 2.59 bits per heavy atom. The first-order valence-electron chi connectivity index (χ1n) is 5.66. The molecule has 0 N–H and O–H groups in total. The van der Waals surface area contributed by atoms with Gasteiger partial charge in [0.25, 0.3) is 0 Å². The summed E-state index contributed by atoms with van der Waals surface area (Å²) in [6, 6.07) is 7.85. The molecule has 90 valence electrons. The van der Waals surface area contributed by atoms with Crippen molar-refractivity contribution in [1.82, 2.24) is 4.57 Å². The number of hydrogen-bond donors (Lipinski definition) is 0. The number of Topliss-reactive ketones (excluding diaryl/α,β-unsaturated/α-hetero) is 1. The molecule has 0 amide bonds. The number of hydrogen-bond acceptors (Lipinski definition) is 1. The van der Waals surface area contributed by atoms with Gasteiger partial charge in [0.2, 0.25) is 0 Å². The minimum atomic E-state index is -0.322. The predicted octanol–water partition coefficient (Wildman–Crippen LogP) is 3.91. The Labute approximate surface area is 106 Å². The van der Waals surface area contributed by atoms with Crippen molar-refractivity contribution in [1.29, 1.82) is 0 Å². The average Bonchev–Trinajstić information content (AvgIpc) is 2.56. The van der Waals surface area contributed by atoms with Gasteiger partial charge in [-0.3, -0.25) is 4.79 Å². The van der Waals surface area contributed by atoms with E-state index in [-0.39, 0.29) is 11.2 Å². The number of aromatic nitrogens is 1. The van der Waals surface area contributed by atoms with Crippen molar-refractivity contribution >= 4 is 28.3 Å². The molecule has 0 fully saturated rings. The fourth-order valence-corrected chi connectivity index (χ4v) is 2.00. The van der Waals surface area contributed by atoms with Gasteiger partial charge in [-0.1, -0.05) is 50.6 Å². The maximum atomic E-state index is 12.0. The van der Waals surface area contributed by atoms with E-state index in [0.29, 0.717) is 11.6 Å². The Morgan fingerprint density at radius 2 is 1.94 bits per heavy atom. The topological polar surface area (TPSA) is 22.0 Å². The van der Waals surface area contributed by atoms with Crippen molar-refractivity contribution in [3.63, 3.8) is 0 Å². The highest BCUT2D eigenvalue weighted by molar-refractivity contribution is 6.35. The van der Waals surface area contributed by atoms with Crippen LogP contribution in [0.15, 0.2) is 30.5 Å². The van der Waals surface area contributed by atoms with E-state index >= 15 is 0 Å². The summed E-state index contributed by atoms with van der Waals surface area (Å²) in [6.45, 7) is 6.17. The van der Waals surface area contributed by atoms with E-state index in [0.717, 1.165) is 10.9 Å². The molecule has 0 bridgehead atoms. The first kappa shape index (κ1) is 12.2. The monoisotopic (exact) mass is 249 g/mol. The summed E-state index contributed by atoms with van der Waals surface area (Å²) in [5.41, 5.74) is 0.688. The molecule has 0 aliphatic carbocycles. The number of fused-ring (bicyclic) bond motifs is 1. The molecule has 0 atom stereocenters. The molecule has 17 heavy (non-hydrogen) atoms. The Morgan fingerprint density at radius 1 is 1.29 bits per heavy atom. The smallest absolute Gasteiger partial charge is 0.157 e. The van der Waals surface area contributed by atoms with Crippen LogP contribution in [0.1, 0.15) is 20.8 Å². The molecule has 0 radical (unpaired) electrons. The molecular formula is C14H16ClNO. The molecule has 0 saturated carbocycles. The standard InChI is InChI=1S/C14H16ClNO/c1-14(2,3)13(17)9-16-8-11(15)10-6-4-5-7-12(10)16/h4-8H,9H2,1-3H3. The van der Waals surface area contributed by atoms with Gasteiger partial charge in [-0.15, -0.1) is 0 Å². The third kappa shape index (κ3) is 2.37. The van der Waals surface area contributed by atoms with Crippen LogP contribution in [0.25, 0.3) is 10.9 Å². The van der Waals surface area contributed by atoms with Crippen LogP contribution in [0.4, 0.5) is 0 Å². The summed E-state index contributed by atoms with van der Waals surface area (Å²) in [4.78, 5) is 12.0. The number of nitrogens with zero attached hydrogens (tertiary/aromatic N) is 1. The number of rotatable bonds is 2. The van der Waals surface area contributed by atoms with Gasteiger partial charge >= 0.3 is 0 Å². The highest BCUT2D eigenvalue weighted by atomic mass is 35.5. The number of halogens is 1. The SMILES string of the molecule is CC(C)(C)C(=O)Cn1cc(Cl)c2ccccc21. The van der Waals surface area contributed by atoms with E-state index in [1.54, 1.807) is 0 Å². The van der Waals surface area contributed by atoms with Gasteiger partial charge < -0.3 is 4.57 Å². The Kier molecular flexibility index (Phi) is 3.00. The quantitative estimate of drug-likeness (QED) is 0.791. The lowest BCUT2D eigenvalue weighted by Crippen LogP contribution is -2.24. The zero-order chi connectivity index (χ0) is 12.6. The maximum absolute atomic E-state index is 12.0. The van der Waals surface area contributed by atoms with Gasteiger partial charge in [0.15, 0.2) is 5.78 Å². The lowest BCUT2D eigenvalue weighted by atomic mass is 9.91. The summed E-state index contributed by atoms with van der Waals surface area (Å²) in [6.07, 6.45) is 1.83. The van der Waals surface area contributed by atoms with E-state index in [9.17, 15) is 4.79 Å². The first-order valence-corrected chi connectivity index (χ1v) is 6.04. The van der Waals surface area contributed by atoms with E-state index < -0.39 is 0 Å². The van der Waals surface area contributed by atoms with E-state index in [2.05, 4.69) is 0 Å². The summed E-state index contributed by atoms with van der Waals surface area (Å²) < 4.78 is 1.92. The van der Waals surface area contributed by atoms with E-state index in [1.807, 2.05) is 55.8 Å². The molecule has 0 saturated heterocycles. The zero-order valence-electron chi connectivity index (χ0n) is 10.3. The number of benzene rings is 1. The normalized spacial score (nSPS) is 12.0. The minimum absolute atomic E-state index is 0.204. The van der Waals surface area contributed by atoms with Crippen LogP contribution in [0.3, 0.4) is 0 Å². The summed E-state index contributed by atoms with van der Waals surface area (Å²) >= 11 is 6.14. The van der Waals surface area contributed by atoms with E-state index in [4.69, 9.17) is 11.6 Å². The molecule has 0 unspecified atom stereocenters. The second-order valence-corrected chi connectivity index (χ2v) is 5.70. The maximum Gasteiger partial charge on any atom is 0.157 e. The summed E-state index contributed by atoms with van der Waals surface area (Å²) in [7, 11) is 0. The van der Waals surface area contributed by atoms with Gasteiger partial charge in [-0.2, -0.15) is 0 Å². The molecular weight excluding hydrogens is 234 g/mol. The van der Waals surface area contributed by atoms with Crippen LogP contribution in [-0.2, 0) is 11.3 Å². The molecule has 0 spiro atoms. The largest absolute Gasteiger partial charge is 0.338 e. The van der Waals surface area contributed by atoms with Gasteiger partial charge in [-0.25, -0.2) is 0 Å². The van der Waals surface area contributed by atoms with Crippen molar-refractivity contribution < 1.29 is 4.79 Å². The molecule has 3 heteroatoms. The van der Waals surface area contributed by atoms with Gasteiger partial charge in [0, 0.05) is 22.5 Å². The molecule has 2 aromatic rings. The third-order valence-electron chi connectivity index (χ3n) is 2.89. The van der Waals surface area contributed by atoms with Gasteiger partial charge in [0.1, 0.15) is 0 Å². The molecule has 0 aliphatic heterocycles. The average molecular weight is 250 g/mol. The van der Waals surface area contributed by atoms with Crippen LogP contribution in [-0.4, -0.2) is 10.4 Å².